The predicted molar refractivity (Wildman–Crippen MR) is 56.4 cm³/mol. The van der Waals surface area contributed by atoms with Crippen LogP contribution in [-0.2, 0) is 4.74 Å². The van der Waals surface area contributed by atoms with Crippen molar-refractivity contribution in [3.63, 3.8) is 0 Å². The quantitative estimate of drug-likeness (QED) is 0.781. The van der Waals surface area contributed by atoms with E-state index < -0.39 is 18.8 Å². The minimum atomic E-state index is -2.48. The summed E-state index contributed by atoms with van der Waals surface area (Å²) in [5, 5.41) is 11.3. The highest BCUT2D eigenvalue weighted by atomic mass is 19.3. The van der Waals surface area contributed by atoms with Crippen molar-refractivity contribution < 1.29 is 17.9 Å². The van der Waals surface area contributed by atoms with Gasteiger partial charge >= 0.3 is 0 Å². The number of rotatable bonds is 6. The molecule has 0 radical (unpaired) electrons. The molecule has 0 saturated heterocycles. The molecule has 1 aromatic carbocycles. The summed E-state index contributed by atoms with van der Waals surface area (Å²) in [5.41, 5.74) is 0.437. The van der Waals surface area contributed by atoms with E-state index in [1.165, 1.54) is 18.2 Å². The summed E-state index contributed by atoms with van der Waals surface area (Å²) in [7, 11) is 0. The fourth-order valence-corrected chi connectivity index (χ4v) is 1.16. The van der Waals surface area contributed by atoms with Gasteiger partial charge in [0.1, 0.15) is 18.5 Å². The minimum absolute atomic E-state index is 0.0375. The van der Waals surface area contributed by atoms with E-state index in [-0.39, 0.29) is 18.7 Å². The lowest BCUT2D eigenvalue weighted by Crippen LogP contribution is -2.13. The summed E-state index contributed by atoms with van der Waals surface area (Å²) in [6, 6.07) is 5.75. The first-order chi connectivity index (χ1) is 8.13. The smallest absolute Gasteiger partial charge is 0.261 e. The van der Waals surface area contributed by atoms with Gasteiger partial charge in [-0.25, -0.2) is 13.2 Å². The van der Waals surface area contributed by atoms with Gasteiger partial charge in [0, 0.05) is 12.2 Å². The predicted octanol–water partition coefficient (Wildman–Crippen LogP) is 2.39. The highest BCUT2D eigenvalue weighted by Gasteiger charge is 2.03. The summed E-state index contributed by atoms with van der Waals surface area (Å²) in [5.74, 6) is -0.619. The molecule has 17 heavy (non-hydrogen) atoms. The zero-order valence-corrected chi connectivity index (χ0v) is 8.92. The molecular weight excluding hydrogens is 233 g/mol. The standard InChI is InChI=1S/C11H11F3N2O/c12-10-5-9(2-1-8(10)6-15)16-3-4-17-7-11(13)14/h1-2,5,11,16H,3-4,7H2. The number of halogens is 3. The van der Waals surface area contributed by atoms with Gasteiger partial charge in [0.2, 0.25) is 0 Å². The molecule has 3 nitrogen and oxygen atoms in total. The third kappa shape index (κ3) is 4.74. The van der Waals surface area contributed by atoms with Gasteiger partial charge in [-0.3, -0.25) is 0 Å². The van der Waals surface area contributed by atoms with E-state index in [4.69, 9.17) is 5.26 Å². The van der Waals surface area contributed by atoms with Crippen molar-refractivity contribution in [1.82, 2.24) is 0 Å². The lowest BCUT2D eigenvalue weighted by Gasteiger charge is -2.07. The molecule has 1 aromatic rings. The average Bonchev–Trinajstić information content (AvgIpc) is 2.28. The maximum atomic E-state index is 13.1. The summed E-state index contributed by atoms with van der Waals surface area (Å²) in [6.07, 6.45) is -2.48. The van der Waals surface area contributed by atoms with E-state index >= 15 is 0 Å². The Morgan fingerprint density at radius 2 is 2.18 bits per heavy atom. The number of anilines is 1. The van der Waals surface area contributed by atoms with Crippen molar-refractivity contribution in [2.75, 3.05) is 25.1 Å². The van der Waals surface area contributed by atoms with Gasteiger partial charge in [-0.15, -0.1) is 0 Å². The van der Waals surface area contributed by atoms with Gasteiger partial charge in [0.25, 0.3) is 6.43 Å². The fourth-order valence-electron chi connectivity index (χ4n) is 1.16. The second-order valence-corrected chi connectivity index (χ2v) is 3.20. The molecule has 0 heterocycles. The maximum Gasteiger partial charge on any atom is 0.261 e. The topological polar surface area (TPSA) is 45.0 Å². The zero-order valence-electron chi connectivity index (χ0n) is 8.92. The molecule has 0 atom stereocenters. The van der Waals surface area contributed by atoms with Gasteiger partial charge < -0.3 is 10.1 Å². The van der Waals surface area contributed by atoms with Crippen molar-refractivity contribution >= 4 is 5.69 Å². The Labute approximate surface area is 96.8 Å². The molecule has 0 spiro atoms. The van der Waals surface area contributed by atoms with Gasteiger partial charge in [-0.2, -0.15) is 5.26 Å². The van der Waals surface area contributed by atoms with Crippen LogP contribution in [0.2, 0.25) is 0 Å². The monoisotopic (exact) mass is 244 g/mol. The van der Waals surface area contributed by atoms with Crippen LogP contribution in [0.4, 0.5) is 18.9 Å². The lowest BCUT2D eigenvalue weighted by molar-refractivity contribution is 0.0215. The van der Waals surface area contributed by atoms with E-state index in [1.54, 1.807) is 6.07 Å². The van der Waals surface area contributed by atoms with Crippen molar-refractivity contribution in [3.8, 4) is 6.07 Å². The number of benzene rings is 1. The first-order valence-corrected chi connectivity index (χ1v) is 4.93. The van der Waals surface area contributed by atoms with Crippen molar-refractivity contribution in [2.24, 2.45) is 0 Å². The van der Waals surface area contributed by atoms with Crippen LogP contribution in [0, 0.1) is 17.1 Å². The van der Waals surface area contributed by atoms with E-state index in [0.29, 0.717) is 5.69 Å². The third-order valence-corrected chi connectivity index (χ3v) is 1.91. The number of ether oxygens (including phenoxy) is 1. The Morgan fingerprint density at radius 3 is 2.76 bits per heavy atom. The molecule has 0 unspecified atom stereocenters. The zero-order chi connectivity index (χ0) is 12.7. The molecule has 0 bridgehead atoms. The summed E-state index contributed by atoms with van der Waals surface area (Å²) in [6.45, 7) is -0.215. The molecule has 0 aromatic heterocycles. The summed E-state index contributed by atoms with van der Waals surface area (Å²) in [4.78, 5) is 0. The Bertz CT molecular complexity index is 404. The highest BCUT2D eigenvalue weighted by molar-refractivity contribution is 5.48. The molecule has 1 N–H and O–H groups in total. The van der Waals surface area contributed by atoms with Gasteiger partial charge in [0.15, 0.2) is 0 Å². The van der Waals surface area contributed by atoms with Gasteiger partial charge in [0.05, 0.1) is 12.2 Å². The molecule has 92 valence electrons. The van der Waals surface area contributed by atoms with E-state index in [2.05, 4.69) is 10.1 Å². The Balaban J connectivity index is 2.33. The molecule has 0 aliphatic rings. The van der Waals surface area contributed by atoms with Crippen molar-refractivity contribution in [1.29, 1.82) is 5.26 Å². The normalized spacial score (nSPS) is 10.3. The van der Waals surface area contributed by atoms with Crippen LogP contribution in [0.5, 0.6) is 0 Å². The van der Waals surface area contributed by atoms with Gasteiger partial charge in [-0.05, 0) is 18.2 Å². The van der Waals surface area contributed by atoms with Crippen LogP contribution in [0.15, 0.2) is 18.2 Å². The number of nitrogens with zero attached hydrogens (tertiary/aromatic N) is 1. The largest absolute Gasteiger partial charge is 0.383 e. The molecule has 0 aliphatic heterocycles. The fraction of sp³-hybridized carbons (Fsp3) is 0.364. The minimum Gasteiger partial charge on any atom is -0.383 e. The Morgan fingerprint density at radius 1 is 1.41 bits per heavy atom. The molecular formula is C11H11F3N2O. The van der Waals surface area contributed by atoms with Crippen LogP contribution in [0.25, 0.3) is 0 Å². The van der Waals surface area contributed by atoms with Gasteiger partial charge in [-0.1, -0.05) is 0 Å². The first-order valence-electron chi connectivity index (χ1n) is 4.93. The molecule has 0 amide bonds. The third-order valence-electron chi connectivity index (χ3n) is 1.91. The van der Waals surface area contributed by atoms with Crippen LogP contribution in [-0.4, -0.2) is 26.2 Å². The number of hydrogen-bond donors (Lipinski definition) is 1. The first kappa shape index (κ1) is 13.3. The Hall–Kier alpha value is -1.74. The number of nitrogens with one attached hydrogen (secondary N) is 1. The molecule has 6 heteroatoms. The van der Waals surface area contributed by atoms with Crippen LogP contribution in [0.3, 0.4) is 0 Å². The molecule has 1 rings (SSSR count). The van der Waals surface area contributed by atoms with Crippen LogP contribution in [0.1, 0.15) is 5.56 Å². The van der Waals surface area contributed by atoms with Crippen LogP contribution >= 0.6 is 0 Å². The van der Waals surface area contributed by atoms with Crippen molar-refractivity contribution in [2.45, 2.75) is 6.43 Å². The Kier molecular flexibility index (Phi) is 5.30. The second-order valence-electron chi connectivity index (χ2n) is 3.20. The molecule has 0 saturated carbocycles. The molecule has 0 aliphatic carbocycles. The van der Waals surface area contributed by atoms with E-state index in [9.17, 15) is 13.2 Å². The number of nitriles is 1. The van der Waals surface area contributed by atoms with Crippen LogP contribution < -0.4 is 5.32 Å². The van der Waals surface area contributed by atoms with E-state index in [0.717, 1.165) is 0 Å². The average molecular weight is 244 g/mol. The summed E-state index contributed by atoms with van der Waals surface area (Å²) >= 11 is 0. The SMILES string of the molecule is N#Cc1ccc(NCCOCC(F)F)cc1F. The lowest BCUT2D eigenvalue weighted by atomic mass is 10.2. The maximum absolute atomic E-state index is 13.1. The highest BCUT2D eigenvalue weighted by Crippen LogP contribution is 2.13. The second kappa shape index (κ2) is 6.76. The number of hydrogen-bond acceptors (Lipinski definition) is 3. The van der Waals surface area contributed by atoms with E-state index in [1.807, 2.05) is 0 Å². The van der Waals surface area contributed by atoms with Crippen molar-refractivity contribution in [3.05, 3.63) is 29.6 Å². The summed E-state index contributed by atoms with van der Waals surface area (Å²) < 4.78 is 41.2. The molecule has 0 fully saturated rings. The number of alkyl halides is 2.